The summed E-state index contributed by atoms with van der Waals surface area (Å²) in [6.45, 7) is 4.18. The zero-order chi connectivity index (χ0) is 10.2. The third-order valence-electron chi connectivity index (χ3n) is 2.58. The molecule has 0 radical (unpaired) electrons. The van der Waals surface area contributed by atoms with Crippen LogP contribution in [0.25, 0.3) is 0 Å². The number of hydrogen-bond acceptors (Lipinski definition) is 2. The lowest BCUT2D eigenvalue weighted by Crippen LogP contribution is -2.37. The predicted octanol–water partition coefficient (Wildman–Crippen LogP) is 2.85. The summed E-state index contributed by atoms with van der Waals surface area (Å²) < 4.78 is 0. The molecule has 0 saturated heterocycles. The molecule has 0 aliphatic heterocycles. The average Bonchev–Trinajstić information content (AvgIpc) is 2.17. The molecule has 0 fully saturated rings. The van der Waals surface area contributed by atoms with Crippen LogP contribution in [0.3, 0.4) is 0 Å². The van der Waals surface area contributed by atoms with Crippen molar-refractivity contribution in [3.63, 3.8) is 0 Å². The molecule has 13 heavy (non-hydrogen) atoms. The Morgan fingerprint density at radius 1 is 1.23 bits per heavy atom. The molecule has 1 atom stereocenters. The molecule has 2 heteroatoms. The minimum Gasteiger partial charge on any atom is -0.303 e. The molecule has 0 aromatic carbocycles. The van der Waals surface area contributed by atoms with Gasteiger partial charge in [0.2, 0.25) is 0 Å². The van der Waals surface area contributed by atoms with E-state index in [1.54, 1.807) is 0 Å². The van der Waals surface area contributed by atoms with E-state index in [4.69, 9.17) is 5.26 Å². The first-order chi connectivity index (χ1) is 6.18. The fourth-order valence-electron chi connectivity index (χ4n) is 1.32. The lowest BCUT2D eigenvalue weighted by molar-refractivity contribution is 0.427. The van der Waals surface area contributed by atoms with Crippen molar-refractivity contribution in [2.45, 2.75) is 57.9 Å². The van der Waals surface area contributed by atoms with Gasteiger partial charge in [-0.2, -0.15) is 5.26 Å². The molecule has 0 bridgehead atoms. The fraction of sp³-hybridized carbons (Fsp3) is 0.909. The highest BCUT2D eigenvalue weighted by Gasteiger charge is 2.19. The Kier molecular flexibility index (Phi) is 6.62. The van der Waals surface area contributed by atoms with Gasteiger partial charge in [-0.1, -0.05) is 39.0 Å². The second-order valence-electron chi connectivity index (χ2n) is 3.86. The molecule has 0 heterocycles. The second-order valence-corrected chi connectivity index (χ2v) is 3.86. The molecule has 0 spiro atoms. The van der Waals surface area contributed by atoms with E-state index in [-0.39, 0.29) is 5.54 Å². The molecule has 0 aromatic heterocycles. The van der Waals surface area contributed by atoms with Crippen LogP contribution in [0.15, 0.2) is 0 Å². The first-order valence-corrected chi connectivity index (χ1v) is 5.28. The monoisotopic (exact) mass is 182 g/mol. The van der Waals surface area contributed by atoms with Gasteiger partial charge in [0.05, 0.1) is 6.07 Å². The first kappa shape index (κ1) is 12.4. The Morgan fingerprint density at radius 2 is 1.85 bits per heavy atom. The lowest BCUT2D eigenvalue weighted by atomic mass is 9.96. The van der Waals surface area contributed by atoms with E-state index in [0.29, 0.717) is 0 Å². The minimum atomic E-state index is -0.313. The van der Waals surface area contributed by atoms with Crippen LogP contribution in [0, 0.1) is 11.3 Å². The van der Waals surface area contributed by atoms with Crippen LogP contribution in [-0.2, 0) is 0 Å². The van der Waals surface area contributed by atoms with Crippen LogP contribution in [0.4, 0.5) is 0 Å². The molecule has 0 saturated carbocycles. The molecule has 0 aliphatic carbocycles. The third kappa shape index (κ3) is 5.65. The Hall–Kier alpha value is -0.550. The first-order valence-electron chi connectivity index (χ1n) is 5.28. The van der Waals surface area contributed by atoms with Crippen molar-refractivity contribution in [2.75, 3.05) is 7.05 Å². The van der Waals surface area contributed by atoms with Gasteiger partial charge in [0.1, 0.15) is 5.54 Å². The zero-order valence-corrected chi connectivity index (χ0v) is 9.19. The van der Waals surface area contributed by atoms with Crippen LogP contribution < -0.4 is 5.32 Å². The molecule has 0 rings (SSSR count). The summed E-state index contributed by atoms with van der Waals surface area (Å²) in [4.78, 5) is 0. The van der Waals surface area contributed by atoms with Gasteiger partial charge < -0.3 is 5.32 Å². The van der Waals surface area contributed by atoms with Gasteiger partial charge in [-0.15, -0.1) is 0 Å². The maximum Gasteiger partial charge on any atom is 0.103 e. The van der Waals surface area contributed by atoms with Crippen LogP contribution in [0.1, 0.15) is 52.4 Å². The molecule has 2 nitrogen and oxygen atoms in total. The zero-order valence-electron chi connectivity index (χ0n) is 9.19. The highest BCUT2D eigenvalue weighted by atomic mass is 14.9. The summed E-state index contributed by atoms with van der Waals surface area (Å²) in [5, 5.41) is 11.9. The van der Waals surface area contributed by atoms with E-state index in [0.717, 1.165) is 12.8 Å². The van der Waals surface area contributed by atoms with Gasteiger partial charge in [-0.05, 0) is 20.4 Å². The molecule has 0 amide bonds. The van der Waals surface area contributed by atoms with Crippen molar-refractivity contribution in [1.82, 2.24) is 5.32 Å². The highest BCUT2D eigenvalue weighted by molar-refractivity contribution is 5.02. The van der Waals surface area contributed by atoms with Crippen molar-refractivity contribution in [2.24, 2.45) is 0 Å². The smallest absolute Gasteiger partial charge is 0.103 e. The number of nitrogens with one attached hydrogen (secondary N) is 1. The quantitative estimate of drug-likeness (QED) is 0.614. The van der Waals surface area contributed by atoms with Gasteiger partial charge in [-0.25, -0.2) is 0 Å². The molecule has 0 aromatic rings. The number of unbranched alkanes of at least 4 members (excludes halogenated alkanes) is 4. The fourth-order valence-corrected chi connectivity index (χ4v) is 1.32. The van der Waals surface area contributed by atoms with E-state index in [2.05, 4.69) is 18.3 Å². The third-order valence-corrected chi connectivity index (χ3v) is 2.58. The maximum atomic E-state index is 8.88. The van der Waals surface area contributed by atoms with Crippen molar-refractivity contribution in [3.8, 4) is 6.07 Å². The molecular weight excluding hydrogens is 160 g/mol. The number of rotatable bonds is 7. The Bertz CT molecular complexity index is 160. The van der Waals surface area contributed by atoms with Gasteiger partial charge in [-0.3, -0.25) is 0 Å². The number of hydrogen-bond donors (Lipinski definition) is 1. The normalized spacial score (nSPS) is 14.9. The van der Waals surface area contributed by atoms with E-state index in [1.807, 2.05) is 14.0 Å². The van der Waals surface area contributed by atoms with Gasteiger partial charge in [0.15, 0.2) is 0 Å². The SMILES string of the molecule is CCCCCCCC(C)(C#N)NC. The van der Waals surface area contributed by atoms with Gasteiger partial charge in [0.25, 0.3) is 0 Å². The average molecular weight is 182 g/mol. The lowest BCUT2D eigenvalue weighted by Gasteiger charge is -2.20. The number of nitrogens with zero attached hydrogens (tertiary/aromatic N) is 1. The summed E-state index contributed by atoms with van der Waals surface area (Å²) in [7, 11) is 1.86. The van der Waals surface area contributed by atoms with E-state index >= 15 is 0 Å². The summed E-state index contributed by atoms with van der Waals surface area (Å²) in [5.41, 5.74) is -0.313. The van der Waals surface area contributed by atoms with E-state index in [1.165, 1.54) is 25.7 Å². The minimum absolute atomic E-state index is 0.313. The topological polar surface area (TPSA) is 35.8 Å². The van der Waals surface area contributed by atoms with Crippen LogP contribution in [0.2, 0.25) is 0 Å². The van der Waals surface area contributed by atoms with Crippen LogP contribution in [-0.4, -0.2) is 12.6 Å². The van der Waals surface area contributed by atoms with Crippen molar-refractivity contribution in [1.29, 1.82) is 5.26 Å². The molecule has 1 unspecified atom stereocenters. The van der Waals surface area contributed by atoms with Crippen LogP contribution in [0.5, 0.6) is 0 Å². The van der Waals surface area contributed by atoms with E-state index in [9.17, 15) is 0 Å². The molecule has 76 valence electrons. The number of nitriles is 1. The summed E-state index contributed by atoms with van der Waals surface area (Å²) in [6, 6.07) is 2.31. The van der Waals surface area contributed by atoms with Gasteiger partial charge in [0, 0.05) is 0 Å². The van der Waals surface area contributed by atoms with Gasteiger partial charge >= 0.3 is 0 Å². The van der Waals surface area contributed by atoms with Crippen molar-refractivity contribution < 1.29 is 0 Å². The largest absolute Gasteiger partial charge is 0.303 e. The standard InChI is InChI=1S/C11H22N2/c1-4-5-6-7-8-9-11(2,10-12)13-3/h13H,4-9H2,1-3H3. The Morgan fingerprint density at radius 3 is 2.31 bits per heavy atom. The summed E-state index contributed by atoms with van der Waals surface area (Å²) in [6.07, 6.45) is 7.29. The van der Waals surface area contributed by atoms with Crippen molar-refractivity contribution >= 4 is 0 Å². The van der Waals surface area contributed by atoms with Crippen LogP contribution >= 0.6 is 0 Å². The molecule has 1 N–H and O–H groups in total. The Balaban J connectivity index is 3.46. The highest BCUT2D eigenvalue weighted by Crippen LogP contribution is 2.14. The second kappa shape index (κ2) is 6.91. The van der Waals surface area contributed by atoms with Crippen molar-refractivity contribution in [3.05, 3.63) is 0 Å². The summed E-state index contributed by atoms with van der Waals surface area (Å²) >= 11 is 0. The molecular formula is C11H22N2. The molecule has 0 aliphatic rings. The van der Waals surface area contributed by atoms with E-state index < -0.39 is 0 Å². The summed E-state index contributed by atoms with van der Waals surface area (Å²) in [5.74, 6) is 0. The maximum absolute atomic E-state index is 8.88. The predicted molar refractivity (Wildman–Crippen MR) is 56.5 cm³/mol. The Labute approximate surface area is 82.3 Å².